The van der Waals surface area contributed by atoms with Gasteiger partial charge in [-0.2, -0.15) is 0 Å². The van der Waals surface area contributed by atoms with Crippen LogP contribution in [-0.2, 0) is 10.2 Å². The summed E-state index contributed by atoms with van der Waals surface area (Å²) in [6.45, 7) is 7.33. The molecule has 1 rings (SSSR count). The van der Waals surface area contributed by atoms with Gasteiger partial charge in [0, 0.05) is 18.5 Å². The predicted molar refractivity (Wildman–Crippen MR) is 75.9 cm³/mol. The van der Waals surface area contributed by atoms with Gasteiger partial charge in [-0.15, -0.1) is 5.10 Å². The number of carbonyl (C=O) groups excluding carboxylic acids is 1. The Hall–Kier alpha value is -2.16. The quantitative estimate of drug-likeness (QED) is 0.549. The molecule has 1 aromatic rings. The minimum absolute atomic E-state index is 0.153. The number of ether oxygens (including phenoxy) is 1. The van der Waals surface area contributed by atoms with Gasteiger partial charge >= 0.3 is 11.9 Å². The van der Waals surface area contributed by atoms with E-state index in [0.717, 1.165) is 0 Å². The zero-order chi connectivity index (χ0) is 16.3. The van der Waals surface area contributed by atoms with Crippen LogP contribution in [0.2, 0.25) is 0 Å². The average Bonchev–Trinajstić information content (AvgIpc) is 2.84. The van der Waals surface area contributed by atoms with Crippen molar-refractivity contribution in [3.8, 4) is 0 Å². The molecule has 1 heterocycles. The van der Waals surface area contributed by atoms with Crippen molar-refractivity contribution in [2.75, 3.05) is 13.1 Å². The number of amides is 1. The van der Waals surface area contributed by atoms with Crippen LogP contribution in [-0.4, -0.2) is 39.9 Å². The van der Waals surface area contributed by atoms with Crippen LogP contribution in [0, 0.1) is 10.1 Å². The molecule has 4 N–H and O–H groups in total. The molecule has 0 radical (unpaired) electrons. The number of aromatic amines is 1. The number of hydrogen-bond donors (Lipinski definition) is 3. The Labute approximate surface area is 122 Å². The first-order valence-corrected chi connectivity index (χ1v) is 6.44. The molecule has 0 saturated carbocycles. The van der Waals surface area contributed by atoms with Gasteiger partial charge < -0.3 is 25.9 Å². The van der Waals surface area contributed by atoms with Crippen LogP contribution in [0.15, 0.2) is 6.07 Å². The molecule has 0 bridgehead atoms. The normalized spacial score (nSPS) is 14.3. The standard InChI is InChI=1S/C12H21N5O4/c1-11(2,3)21-10(18)14-7-12(4,6-13)8-5-9(16-15-8)17(19)20/h5H,6-7,13H2,1-4H3,(H,14,18)(H,15,16). The fraction of sp³-hybridized carbons (Fsp3) is 0.667. The number of rotatable bonds is 5. The molecule has 0 aliphatic rings. The van der Waals surface area contributed by atoms with E-state index in [1.807, 2.05) is 0 Å². The van der Waals surface area contributed by atoms with E-state index in [4.69, 9.17) is 10.5 Å². The zero-order valence-corrected chi connectivity index (χ0v) is 12.6. The van der Waals surface area contributed by atoms with E-state index in [9.17, 15) is 14.9 Å². The minimum atomic E-state index is -0.734. The summed E-state index contributed by atoms with van der Waals surface area (Å²) >= 11 is 0. The summed E-state index contributed by atoms with van der Waals surface area (Å²) in [5.41, 5.74) is 4.79. The Morgan fingerprint density at radius 3 is 2.57 bits per heavy atom. The lowest BCUT2D eigenvalue weighted by Gasteiger charge is -2.26. The predicted octanol–water partition coefficient (Wildman–Crippen LogP) is 1.06. The Morgan fingerprint density at radius 1 is 1.52 bits per heavy atom. The van der Waals surface area contributed by atoms with E-state index in [2.05, 4.69) is 15.5 Å². The molecule has 0 aliphatic heterocycles. The molecule has 9 nitrogen and oxygen atoms in total. The summed E-state index contributed by atoms with van der Waals surface area (Å²) in [4.78, 5) is 21.7. The summed E-state index contributed by atoms with van der Waals surface area (Å²) in [5, 5.41) is 19.5. The Morgan fingerprint density at radius 2 is 2.14 bits per heavy atom. The van der Waals surface area contributed by atoms with Crippen LogP contribution in [0.5, 0.6) is 0 Å². The third kappa shape index (κ3) is 4.71. The molecule has 0 aliphatic carbocycles. The monoisotopic (exact) mass is 299 g/mol. The number of hydrogen-bond acceptors (Lipinski definition) is 6. The van der Waals surface area contributed by atoms with Crippen LogP contribution in [0.3, 0.4) is 0 Å². The maximum atomic E-state index is 11.7. The second kappa shape index (κ2) is 6.08. The number of nitrogens with one attached hydrogen (secondary N) is 2. The van der Waals surface area contributed by atoms with E-state index in [1.54, 1.807) is 27.7 Å². The first kappa shape index (κ1) is 16.9. The lowest BCUT2D eigenvalue weighted by atomic mass is 9.87. The molecular weight excluding hydrogens is 278 g/mol. The number of nitrogens with two attached hydrogens (primary N) is 1. The van der Waals surface area contributed by atoms with Crippen molar-refractivity contribution >= 4 is 11.9 Å². The summed E-state index contributed by atoms with van der Waals surface area (Å²) in [6.07, 6.45) is -0.577. The van der Waals surface area contributed by atoms with Crippen molar-refractivity contribution in [2.24, 2.45) is 5.73 Å². The fourth-order valence-electron chi connectivity index (χ4n) is 1.56. The van der Waals surface area contributed by atoms with Crippen molar-refractivity contribution in [3.05, 3.63) is 21.9 Å². The van der Waals surface area contributed by atoms with Crippen molar-refractivity contribution in [3.63, 3.8) is 0 Å². The first-order chi connectivity index (χ1) is 9.57. The zero-order valence-electron chi connectivity index (χ0n) is 12.6. The SMILES string of the molecule is CC(C)(C)OC(=O)NCC(C)(CN)c1cc([N+](=O)[O-])[nH]n1. The number of carbonyl (C=O) groups is 1. The van der Waals surface area contributed by atoms with Crippen LogP contribution in [0.25, 0.3) is 0 Å². The van der Waals surface area contributed by atoms with Gasteiger partial charge in [0.1, 0.15) is 11.3 Å². The molecule has 1 aromatic heterocycles. The minimum Gasteiger partial charge on any atom is -0.444 e. The lowest BCUT2D eigenvalue weighted by Crippen LogP contribution is -2.45. The summed E-state index contributed by atoms with van der Waals surface area (Å²) in [5.74, 6) is -0.220. The highest BCUT2D eigenvalue weighted by Gasteiger charge is 2.31. The Bertz CT molecular complexity index is 522. The van der Waals surface area contributed by atoms with Crippen molar-refractivity contribution in [1.29, 1.82) is 0 Å². The van der Waals surface area contributed by atoms with Crippen molar-refractivity contribution < 1.29 is 14.5 Å². The highest BCUT2D eigenvalue weighted by atomic mass is 16.6. The molecule has 1 unspecified atom stereocenters. The number of nitro groups is 1. The molecular formula is C12H21N5O4. The van der Waals surface area contributed by atoms with Crippen LogP contribution < -0.4 is 11.1 Å². The van der Waals surface area contributed by atoms with Gasteiger partial charge in [0.05, 0.1) is 6.07 Å². The van der Waals surface area contributed by atoms with Crippen LogP contribution in [0.1, 0.15) is 33.4 Å². The smallest absolute Gasteiger partial charge is 0.407 e. The Kier molecular flexibility index (Phi) is 4.89. The van der Waals surface area contributed by atoms with Crippen molar-refractivity contribution in [2.45, 2.75) is 38.7 Å². The molecule has 1 atom stereocenters. The van der Waals surface area contributed by atoms with Gasteiger partial charge in [-0.3, -0.25) is 0 Å². The van der Waals surface area contributed by atoms with Gasteiger partial charge in [0.2, 0.25) is 0 Å². The largest absolute Gasteiger partial charge is 0.444 e. The van der Waals surface area contributed by atoms with Crippen LogP contribution in [0.4, 0.5) is 10.6 Å². The average molecular weight is 299 g/mol. The molecule has 0 saturated heterocycles. The van der Waals surface area contributed by atoms with E-state index in [-0.39, 0.29) is 18.9 Å². The van der Waals surface area contributed by atoms with Gasteiger partial charge in [-0.05, 0) is 25.7 Å². The molecule has 0 aromatic carbocycles. The molecule has 0 fully saturated rings. The van der Waals surface area contributed by atoms with E-state index in [0.29, 0.717) is 5.69 Å². The third-order valence-electron chi connectivity index (χ3n) is 2.85. The first-order valence-electron chi connectivity index (χ1n) is 6.44. The summed E-state index contributed by atoms with van der Waals surface area (Å²) in [6, 6.07) is 1.31. The second-order valence-corrected chi connectivity index (χ2v) is 6.02. The van der Waals surface area contributed by atoms with Crippen molar-refractivity contribution in [1.82, 2.24) is 15.5 Å². The summed E-state index contributed by atoms with van der Waals surface area (Å²) < 4.78 is 5.13. The Balaban J connectivity index is 2.75. The second-order valence-electron chi connectivity index (χ2n) is 6.02. The van der Waals surface area contributed by atoms with E-state index >= 15 is 0 Å². The fourth-order valence-corrected chi connectivity index (χ4v) is 1.56. The van der Waals surface area contributed by atoms with Gasteiger partial charge in [0.15, 0.2) is 0 Å². The maximum Gasteiger partial charge on any atom is 0.407 e. The molecule has 21 heavy (non-hydrogen) atoms. The summed E-state index contributed by atoms with van der Waals surface area (Å²) in [7, 11) is 0. The van der Waals surface area contributed by atoms with Gasteiger partial charge in [-0.1, -0.05) is 12.0 Å². The van der Waals surface area contributed by atoms with E-state index < -0.39 is 22.0 Å². The molecule has 1 amide bonds. The van der Waals surface area contributed by atoms with Gasteiger partial charge in [-0.25, -0.2) is 4.79 Å². The number of nitrogens with zero attached hydrogens (tertiary/aromatic N) is 2. The lowest BCUT2D eigenvalue weighted by molar-refractivity contribution is -0.389. The molecule has 118 valence electrons. The number of aromatic nitrogens is 2. The number of H-pyrrole nitrogens is 1. The molecule has 0 spiro atoms. The number of alkyl carbamates (subject to hydrolysis) is 1. The third-order valence-corrected chi connectivity index (χ3v) is 2.85. The highest BCUT2D eigenvalue weighted by molar-refractivity contribution is 5.67. The van der Waals surface area contributed by atoms with Gasteiger partial charge in [0.25, 0.3) is 0 Å². The molecule has 9 heteroatoms. The maximum absolute atomic E-state index is 11.7. The highest BCUT2D eigenvalue weighted by Crippen LogP contribution is 2.23. The topological polar surface area (TPSA) is 136 Å². The van der Waals surface area contributed by atoms with E-state index in [1.165, 1.54) is 6.07 Å². The van der Waals surface area contributed by atoms with Crippen LogP contribution >= 0.6 is 0 Å².